The van der Waals surface area contributed by atoms with Gasteiger partial charge in [0.2, 0.25) is 0 Å². The van der Waals surface area contributed by atoms with Crippen molar-refractivity contribution >= 4 is 40.1 Å². The number of aryl methyl sites for hydroxylation is 1. The minimum Gasteiger partial charge on any atom is -0.373 e. The first-order chi connectivity index (χ1) is 16.5. The summed E-state index contributed by atoms with van der Waals surface area (Å²) >= 11 is 8.00. The smallest absolute Gasteiger partial charge is 0.138 e. The average Bonchev–Trinajstić information content (AvgIpc) is 3.29. The standard InChI is InChI=1S/C28H31ClN4S/c1-20-6-11-23(18-25(20)29)34-24-12-13-26-27(19-24)31-28(30-26)21-7-9-22(10-8-21)32(2)16-17-33-14-4-3-5-15-33/h6-13,18-19H,3-5,14-17H2,1-2H3,(H,30,31). The zero-order chi connectivity index (χ0) is 23.5. The van der Waals surface area contributed by atoms with Crippen LogP contribution in [0.2, 0.25) is 5.02 Å². The number of likely N-dealkylation sites (N-methyl/N-ethyl adjacent to an activating group) is 1. The van der Waals surface area contributed by atoms with Gasteiger partial charge < -0.3 is 14.8 Å². The van der Waals surface area contributed by atoms with E-state index in [1.807, 2.05) is 13.0 Å². The largest absolute Gasteiger partial charge is 0.373 e. The number of nitrogens with one attached hydrogen (secondary N) is 1. The highest BCUT2D eigenvalue weighted by molar-refractivity contribution is 7.99. The van der Waals surface area contributed by atoms with Gasteiger partial charge in [-0.3, -0.25) is 0 Å². The second-order valence-corrected chi connectivity index (χ2v) is 10.7. The average molecular weight is 491 g/mol. The van der Waals surface area contributed by atoms with E-state index in [-0.39, 0.29) is 0 Å². The number of hydrogen-bond acceptors (Lipinski definition) is 4. The topological polar surface area (TPSA) is 35.2 Å². The first kappa shape index (κ1) is 23.3. The van der Waals surface area contributed by atoms with E-state index < -0.39 is 0 Å². The first-order valence-corrected chi connectivity index (χ1v) is 13.2. The van der Waals surface area contributed by atoms with E-state index >= 15 is 0 Å². The fourth-order valence-electron chi connectivity index (χ4n) is 4.44. The summed E-state index contributed by atoms with van der Waals surface area (Å²) in [6, 6.07) is 21.3. The fraction of sp³-hybridized carbons (Fsp3) is 0.321. The van der Waals surface area contributed by atoms with Gasteiger partial charge >= 0.3 is 0 Å². The number of benzene rings is 3. The second-order valence-electron chi connectivity index (χ2n) is 9.15. The predicted molar refractivity (Wildman–Crippen MR) is 145 cm³/mol. The van der Waals surface area contributed by atoms with Crippen LogP contribution in [-0.2, 0) is 0 Å². The van der Waals surface area contributed by atoms with Gasteiger partial charge in [0.05, 0.1) is 11.0 Å². The van der Waals surface area contributed by atoms with Crippen molar-refractivity contribution in [3.63, 3.8) is 0 Å². The highest BCUT2D eigenvalue weighted by atomic mass is 35.5. The Morgan fingerprint density at radius 1 is 0.971 bits per heavy atom. The van der Waals surface area contributed by atoms with E-state index in [2.05, 4.69) is 76.4 Å². The van der Waals surface area contributed by atoms with E-state index in [0.717, 1.165) is 55.9 Å². The number of H-pyrrole nitrogens is 1. The van der Waals surface area contributed by atoms with Gasteiger partial charge in [0.1, 0.15) is 5.82 Å². The van der Waals surface area contributed by atoms with Crippen molar-refractivity contribution in [3.05, 3.63) is 71.2 Å². The van der Waals surface area contributed by atoms with Gasteiger partial charge in [-0.2, -0.15) is 0 Å². The first-order valence-electron chi connectivity index (χ1n) is 12.0. The number of halogens is 1. The molecule has 0 saturated carbocycles. The van der Waals surface area contributed by atoms with Gasteiger partial charge in [-0.1, -0.05) is 35.9 Å². The minimum absolute atomic E-state index is 0.801. The molecule has 1 aliphatic rings. The SMILES string of the molecule is Cc1ccc(Sc2ccc3nc(-c4ccc(N(C)CCN5CCCCC5)cc4)[nH]c3c2)cc1Cl. The van der Waals surface area contributed by atoms with E-state index in [9.17, 15) is 0 Å². The summed E-state index contributed by atoms with van der Waals surface area (Å²) in [6.07, 6.45) is 4.07. The normalized spacial score (nSPS) is 14.6. The van der Waals surface area contributed by atoms with Crippen molar-refractivity contribution in [1.82, 2.24) is 14.9 Å². The highest BCUT2D eigenvalue weighted by Crippen LogP contribution is 2.33. The molecule has 6 heteroatoms. The number of hydrogen-bond donors (Lipinski definition) is 1. The molecular formula is C28H31ClN4S. The molecule has 1 N–H and O–H groups in total. The molecule has 0 aliphatic carbocycles. The van der Waals surface area contributed by atoms with Crippen LogP contribution in [0.15, 0.2) is 70.5 Å². The van der Waals surface area contributed by atoms with Gasteiger partial charge in [-0.15, -0.1) is 0 Å². The van der Waals surface area contributed by atoms with E-state index in [1.54, 1.807) is 11.8 Å². The fourth-order valence-corrected chi connectivity index (χ4v) is 5.58. The number of aromatic amines is 1. The van der Waals surface area contributed by atoms with Crippen LogP contribution in [0.25, 0.3) is 22.4 Å². The van der Waals surface area contributed by atoms with Gasteiger partial charge in [0.25, 0.3) is 0 Å². The molecule has 4 nitrogen and oxygen atoms in total. The van der Waals surface area contributed by atoms with Crippen molar-refractivity contribution in [2.75, 3.05) is 38.1 Å². The molecule has 0 bridgehead atoms. The second kappa shape index (κ2) is 10.4. The number of fused-ring (bicyclic) bond motifs is 1. The van der Waals surface area contributed by atoms with Crippen molar-refractivity contribution in [2.45, 2.75) is 36.0 Å². The molecule has 5 rings (SSSR count). The molecule has 3 aromatic carbocycles. The third-order valence-corrected chi connectivity index (χ3v) is 8.00. The Hall–Kier alpha value is -2.47. The summed E-state index contributed by atoms with van der Waals surface area (Å²) in [5.41, 5.74) is 5.46. The lowest BCUT2D eigenvalue weighted by atomic mass is 10.1. The van der Waals surface area contributed by atoms with Gasteiger partial charge in [-0.25, -0.2) is 4.98 Å². The van der Waals surface area contributed by atoms with Crippen LogP contribution in [-0.4, -0.2) is 48.1 Å². The number of likely N-dealkylation sites (tertiary alicyclic amines) is 1. The van der Waals surface area contributed by atoms with E-state index in [4.69, 9.17) is 16.6 Å². The van der Waals surface area contributed by atoms with Crippen LogP contribution in [0.5, 0.6) is 0 Å². The van der Waals surface area contributed by atoms with Crippen LogP contribution in [0.1, 0.15) is 24.8 Å². The Labute approximate surface area is 211 Å². The third-order valence-electron chi connectivity index (χ3n) is 6.61. The maximum absolute atomic E-state index is 6.30. The number of nitrogens with zero attached hydrogens (tertiary/aromatic N) is 3. The summed E-state index contributed by atoms with van der Waals surface area (Å²) in [4.78, 5) is 15.6. The Bertz CT molecular complexity index is 1260. The number of aromatic nitrogens is 2. The predicted octanol–water partition coefficient (Wildman–Crippen LogP) is 7.27. The molecule has 34 heavy (non-hydrogen) atoms. The van der Waals surface area contributed by atoms with Gasteiger partial charge in [0.15, 0.2) is 0 Å². The summed E-state index contributed by atoms with van der Waals surface area (Å²) in [6.45, 7) is 6.71. The zero-order valence-corrected chi connectivity index (χ0v) is 21.4. The van der Waals surface area contributed by atoms with Crippen LogP contribution < -0.4 is 4.90 Å². The van der Waals surface area contributed by atoms with Gasteiger partial charge in [-0.05, 0) is 93.0 Å². The number of anilines is 1. The molecule has 1 aromatic heterocycles. The summed E-state index contributed by atoms with van der Waals surface area (Å²) in [5, 5.41) is 0.801. The summed E-state index contributed by atoms with van der Waals surface area (Å²) in [5.74, 6) is 0.901. The third kappa shape index (κ3) is 5.43. The molecule has 0 spiro atoms. The van der Waals surface area contributed by atoms with Crippen LogP contribution in [0, 0.1) is 6.92 Å². The zero-order valence-electron chi connectivity index (χ0n) is 19.9. The van der Waals surface area contributed by atoms with Crippen molar-refractivity contribution in [1.29, 1.82) is 0 Å². The lowest BCUT2D eigenvalue weighted by molar-refractivity contribution is 0.234. The molecule has 176 valence electrons. The molecule has 2 heterocycles. The van der Waals surface area contributed by atoms with Crippen molar-refractivity contribution in [2.24, 2.45) is 0 Å². The molecule has 1 saturated heterocycles. The summed E-state index contributed by atoms with van der Waals surface area (Å²) in [7, 11) is 2.18. The molecule has 0 radical (unpaired) electrons. The molecule has 4 aromatic rings. The van der Waals surface area contributed by atoms with Crippen LogP contribution in [0.3, 0.4) is 0 Å². The monoisotopic (exact) mass is 490 g/mol. The van der Waals surface area contributed by atoms with Crippen molar-refractivity contribution in [3.8, 4) is 11.4 Å². The minimum atomic E-state index is 0.801. The van der Waals surface area contributed by atoms with E-state index in [1.165, 1.54) is 38.0 Å². The Kier molecular flexibility index (Phi) is 7.14. The number of rotatable bonds is 7. The maximum Gasteiger partial charge on any atom is 0.138 e. The molecular weight excluding hydrogens is 460 g/mol. The van der Waals surface area contributed by atoms with Crippen molar-refractivity contribution < 1.29 is 0 Å². The lowest BCUT2D eigenvalue weighted by Gasteiger charge is -2.29. The number of piperidine rings is 1. The maximum atomic E-state index is 6.30. The molecule has 0 atom stereocenters. The Morgan fingerprint density at radius 2 is 1.71 bits per heavy atom. The molecule has 0 unspecified atom stereocenters. The Balaban J connectivity index is 1.26. The summed E-state index contributed by atoms with van der Waals surface area (Å²) < 4.78 is 0. The van der Waals surface area contributed by atoms with Crippen LogP contribution in [0.4, 0.5) is 5.69 Å². The van der Waals surface area contributed by atoms with E-state index in [0.29, 0.717) is 0 Å². The lowest BCUT2D eigenvalue weighted by Crippen LogP contribution is -2.36. The molecule has 1 aliphatic heterocycles. The Morgan fingerprint density at radius 3 is 2.47 bits per heavy atom. The molecule has 0 amide bonds. The van der Waals surface area contributed by atoms with Crippen LogP contribution >= 0.6 is 23.4 Å². The quantitative estimate of drug-likeness (QED) is 0.295. The molecule has 1 fully saturated rings. The highest BCUT2D eigenvalue weighted by Gasteiger charge is 2.12. The van der Waals surface area contributed by atoms with Gasteiger partial charge in [0, 0.05) is 46.2 Å². The number of imidazole rings is 1.